The average Bonchev–Trinajstić information content (AvgIpc) is 3.17. The number of thiazole rings is 1. The number of hydrogen-bond acceptors (Lipinski definition) is 5. The Bertz CT molecular complexity index is 738. The molecule has 1 N–H and O–H groups in total. The summed E-state index contributed by atoms with van der Waals surface area (Å²) in [5.74, 6) is -1.08. The van der Waals surface area contributed by atoms with Crippen molar-refractivity contribution in [3.63, 3.8) is 0 Å². The Morgan fingerprint density at radius 1 is 1.45 bits per heavy atom. The molecular formula is C14H16N4O3S. The molecule has 8 heteroatoms. The molecule has 0 bridgehead atoms. The normalized spacial score (nSPS) is 21.3. The van der Waals surface area contributed by atoms with Gasteiger partial charge in [-0.25, -0.2) is 4.98 Å². The van der Waals surface area contributed by atoms with Gasteiger partial charge >= 0.3 is 5.97 Å². The minimum atomic E-state index is -0.864. The van der Waals surface area contributed by atoms with E-state index in [1.807, 2.05) is 13.2 Å². The molecule has 22 heavy (non-hydrogen) atoms. The third-order valence-electron chi connectivity index (χ3n) is 3.95. The summed E-state index contributed by atoms with van der Waals surface area (Å²) in [4.78, 5) is 29.6. The molecule has 0 aliphatic carbocycles. The van der Waals surface area contributed by atoms with E-state index < -0.39 is 11.4 Å². The molecule has 1 fully saturated rings. The predicted octanol–water partition coefficient (Wildman–Crippen LogP) is 1.48. The number of carboxylic acid groups (broad SMARTS) is 1. The van der Waals surface area contributed by atoms with Crippen LogP contribution in [0.25, 0.3) is 10.6 Å². The first kappa shape index (κ1) is 14.7. The molecule has 0 radical (unpaired) electrons. The van der Waals surface area contributed by atoms with E-state index in [2.05, 4.69) is 10.1 Å². The van der Waals surface area contributed by atoms with Crippen molar-refractivity contribution in [1.29, 1.82) is 0 Å². The third-order valence-corrected chi connectivity index (χ3v) is 4.84. The highest BCUT2D eigenvalue weighted by molar-refractivity contribution is 7.13. The Morgan fingerprint density at radius 3 is 2.82 bits per heavy atom. The van der Waals surface area contributed by atoms with Crippen LogP contribution < -0.4 is 0 Å². The molecule has 1 aliphatic rings. The van der Waals surface area contributed by atoms with E-state index in [-0.39, 0.29) is 12.5 Å². The molecule has 116 valence electrons. The van der Waals surface area contributed by atoms with Gasteiger partial charge in [-0.15, -0.1) is 11.3 Å². The fourth-order valence-corrected chi connectivity index (χ4v) is 3.28. The molecule has 3 rings (SSSR count). The number of aryl methyl sites for hydroxylation is 1. The van der Waals surface area contributed by atoms with Crippen molar-refractivity contribution in [3.8, 4) is 10.6 Å². The topological polar surface area (TPSA) is 88.3 Å². The van der Waals surface area contributed by atoms with Crippen LogP contribution in [0.5, 0.6) is 0 Å². The molecule has 0 spiro atoms. The van der Waals surface area contributed by atoms with Crippen molar-refractivity contribution in [2.24, 2.45) is 12.5 Å². The first-order chi connectivity index (χ1) is 10.4. The van der Waals surface area contributed by atoms with Crippen molar-refractivity contribution in [2.45, 2.75) is 13.3 Å². The molecule has 1 atom stereocenters. The first-order valence-electron chi connectivity index (χ1n) is 6.86. The van der Waals surface area contributed by atoms with Crippen LogP contribution >= 0.6 is 11.3 Å². The lowest BCUT2D eigenvalue weighted by Gasteiger charge is -2.19. The minimum absolute atomic E-state index is 0.212. The van der Waals surface area contributed by atoms with Gasteiger partial charge in [-0.2, -0.15) is 5.10 Å². The van der Waals surface area contributed by atoms with Crippen LogP contribution in [0.4, 0.5) is 0 Å². The van der Waals surface area contributed by atoms with Gasteiger partial charge in [0.15, 0.2) is 0 Å². The first-order valence-corrected chi connectivity index (χ1v) is 7.74. The Kier molecular flexibility index (Phi) is 3.48. The number of aliphatic carboxylic acids is 1. The summed E-state index contributed by atoms with van der Waals surface area (Å²) in [6, 6.07) is 0. The van der Waals surface area contributed by atoms with Gasteiger partial charge in [-0.1, -0.05) is 0 Å². The van der Waals surface area contributed by atoms with Crippen LogP contribution in [-0.4, -0.2) is 49.7 Å². The molecule has 1 unspecified atom stereocenters. The van der Waals surface area contributed by atoms with Crippen molar-refractivity contribution in [3.05, 3.63) is 23.5 Å². The van der Waals surface area contributed by atoms with Gasteiger partial charge in [0.2, 0.25) is 0 Å². The standard InChI is InChI=1S/C14H16N4O3S/c1-14(13(20)21)3-4-18(8-14)12(19)10-7-22-11(16-10)9-5-15-17(2)6-9/h5-7H,3-4,8H2,1-2H3,(H,20,21). The van der Waals surface area contributed by atoms with E-state index in [9.17, 15) is 14.7 Å². The Balaban J connectivity index is 1.77. The van der Waals surface area contributed by atoms with Crippen LogP contribution in [-0.2, 0) is 11.8 Å². The SMILES string of the molecule is Cn1cc(-c2nc(C(=O)N3CCC(C)(C(=O)O)C3)cs2)cn1. The van der Waals surface area contributed by atoms with E-state index in [1.165, 1.54) is 11.3 Å². The van der Waals surface area contributed by atoms with E-state index in [0.717, 1.165) is 10.6 Å². The highest BCUT2D eigenvalue weighted by Gasteiger charge is 2.42. The van der Waals surface area contributed by atoms with Crippen LogP contribution in [0.3, 0.4) is 0 Å². The third kappa shape index (κ3) is 2.50. The summed E-state index contributed by atoms with van der Waals surface area (Å²) in [5, 5.41) is 15.8. The number of nitrogens with zero attached hydrogens (tertiary/aromatic N) is 4. The fourth-order valence-electron chi connectivity index (χ4n) is 2.51. The maximum atomic E-state index is 12.5. The number of aromatic nitrogens is 3. The monoisotopic (exact) mass is 320 g/mol. The number of carbonyl (C=O) groups excluding carboxylic acids is 1. The Labute approximate surface area is 131 Å². The summed E-state index contributed by atoms with van der Waals surface area (Å²) < 4.78 is 1.68. The zero-order valence-corrected chi connectivity index (χ0v) is 13.1. The second-order valence-corrected chi connectivity index (χ2v) is 6.64. The molecule has 1 saturated heterocycles. The maximum Gasteiger partial charge on any atom is 0.311 e. The maximum absolute atomic E-state index is 12.5. The molecule has 3 heterocycles. The molecule has 7 nitrogen and oxygen atoms in total. The molecule has 2 aromatic rings. The van der Waals surface area contributed by atoms with Crippen molar-refractivity contribution >= 4 is 23.2 Å². The van der Waals surface area contributed by atoms with E-state index in [4.69, 9.17) is 0 Å². The number of likely N-dealkylation sites (tertiary alicyclic amines) is 1. The van der Waals surface area contributed by atoms with Crippen LogP contribution in [0, 0.1) is 5.41 Å². The fraction of sp³-hybridized carbons (Fsp3) is 0.429. The second kappa shape index (κ2) is 5.20. The average molecular weight is 320 g/mol. The van der Waals surface area contributed by atoms with E-state index in [1.54, 1.807) is 28.1 Å². The molecule has 2 aromatic heterocycles. The lowest BCUT2D eigenvalue weighted by molar-refractivity contribution is -0.147. The summed E-state index contributed by atoms with van der Waals surface area (Å²) in [6.07, 6.45) is 4.00. The minimum Gasteiger partial charge on any atom is -0.481 e. The van der Waals surface area contributed by atoms with Gasteiger partial charge in [-0.05, 0) is 13.3 Å². The highest BCUT2D eigenvalue weighted by Crippen LogP contribution is 2.31. The second-order valence-electron chi connectivity index (χ2n) is 5.78. The zero-order valence-electron chi connectivity index (χ0n) is 12.3. The molecule has 1 aliphatic heterocycles. The number of rotatable bonds is 3. The lowest BCUT2D eigenvalue weighted by Crippen LogP contribution is -2.35. The van der Waals surface area contributed by atoms with Gasteiger partial charge in [0, 0.05) is 37.3 Å². The van der Waals surface area contributed by atoms with Crippen molar-refractivity contribution < 1.29 is 14.7 Å². The van der Waals surface area contributed by atoms with E-state index in [0.29, 0.717) is 18.7 Å². The Morgan fingerprint density at radius 2 is 2.23 bits per heavy atom. The largest absolute Gasteiger partial charge is 0.481 e. The van der Waals surface area contributed by atoms with Gasteiger partial charge < -0.3 is 10.0 Å². The molecule has 1 amide bonds. The van der Waals surface area contributed by atoms with Crippen molar-refractivity contribution in [1.82, 2.24) is 19.7 Å². The number of hydrogen-bond donors (Lipinski definition) is 1. The summed E-state index contributed by atoms with van der Waals surface area (Å²) >= 11 is 1.38. The summed E-state index contributed by atoms with van der Waals surface area (Å²) in [5.41, 5.74) is 0.361. The smallest absolute Gasteiger partial charge is 0.311 e. The highest BCUT2D eigenvalue weighted by atomic mass is 32.1. The molecule has 0 aromatic carbocycles. The van der Waals surface area contributed by atoms with Crippen LogP contribution in [0.1, 0.15) is 23.8 Å². The van der Waals surface area contributed by atoms with Crippen LogP contribution in [0.2, 0.25) is 0 Å². The quantitative estimate of drug-likeness (QED) is 0.925. The van der Waals surface area contributed by atoms with Crippen molar-refractivity contribution in [2.75, 3.05) is 13.1 Å². The van der Waals surface area contributed by atoms with Gasteiger partial charge in [0.25, 0.3) is 5.91 Å². The van der Waals surface area contributed by atoms with Gasteiger partial charge in [0.05, 0.1) is 11.6 Å². The molecule has 0 saturated carbocycles. The Hall–Kier alpha value is -2.22. The van der Waals surface area contributed by atoms with Gasteiger partial charge in [-0.3, -0.25) is 14.3 Å². The summed E-state index contributed by atoms with van der Waals surface area (Å²) in [6.45, 7) is 2.34. The number of amides is 1. The van der Waals surface area contributed by atoms with E-state index >= 15 is 0 Å². The molecular weight excluding hydrogens is 304 g/mol. The van der Waals surface area contributed by atoms with Crippen LogP contribution in [0.15, 0.2) is 17.8 Å². The van der Waals surface area contributed by atoms with Gasteiger partial charge in [0.1, 0.15) is 10.7 Å². The predicted molar refractivity (Wildman–Crippen MR) is 80.6 cm³/mol. The summed E-state index contributed by atoms with van der Waals surface area (Å²) in [7, 11) is 1.82. The number of carbonyl (C=O) groups is 2. The zero-order chi connectivity index (χ0) is 15.9. The lowest BCUT2D eigenvalue weighted by atomic mass is 9.90. The number of carboxylic acids is 1.